The molecule has 1 aliphatic carbocycles. The molecule has 25 heteroatoms. The van der Waals surface area contributed by atoms with Gasteiger partial charge in [-0.2, -0.15) is 0 Å². The maximum Gasteiger partial charge on any atom is 2.00 e. The molecular formula is C32H26Cl12N4O6S2Zn. The fraction of sp³-hybridized carbons (Fsp3) is 0.312. The topological polar surface area (TPSA) is 139 Å². The van der Waals surface area contributed by atoms with Crippen molar-refractivity contribution >= 4 is 193 Å². The van der Waals surface area contributed by atoms with Crippen molar-refractivity contribution in [2.75, 3.05) is 28.2 Å². The molecule has 0 unspecified atom stereocenters. The third kappa shape index (κ3) is 16.6. The van der Waals surface area contributed by atoms with Gasteiger partial charge in [0.2, 0.25) is 0 Å². The minimum absolute atomic E-state index is 0. The third-order valence-corrected chi connectivity index (χ3v) is 15.5. The molecule has 1 fully saturated rings. The first-order chi connectivity index (χ1) is 26.1. The van der Waals surface area contributed by atoms with E-state index in [1.54, 1.807) is 64.6 Å². The van der Waals surface area contributed by atoms with Gasteiger partial charge in [0.25, 0.3) is 10.5 Å². The number of halogens is 12. The van der Waals surface area contributed by atoms with Crippen molar-refractivity contribution in [1.29, 1.82) is 0 Å². The number of benzene rings is 3. The summed E-state index contributed by atoms with van der Waals surface area (Å²) in [5.41, 5.74) is 2.33. The minimum Gasteiger partial charge on any atom is -0.564 e. The smallest absolute Gasteiger partial charge is 0.564 e. The zero-order valence-corrected chi connectivity index (χ0v) is 43.1. The van der Waals surface area contributed by atoms with E-state index in [1.807, 2.05) is 12.1 Å². The molecule has 2 amide bonds. The number of alkyl halides is 6. The number of amides is 2. The summed E-state index contributed by atoms with van der Waals surface area (Å²) in [6.07, 6.45) is -1.05. The van der Waals surface area contributed by atoms with Gasteiger partial charge in [0.05, 0.1) is 73.4 Å². The molecule has 0 N–H and O–H groups in total. The van der Waals surface area contributed by atoms with Crippen LogP contribution in [0.1, 0.15) is 0 Å². The molecule has 10 nitrogen and oxygen atoms in total. The third-order valence-electron chi connectivity index (χ3n) is 6.44. The number of para-hydroxylation sites is 4. The van der Waals surface area contributed by atoms with Crippen molar-refractivity contribution in [2.45, 2.75) is 32.3 Å². The van der Waals surface area contributed by atoms with E-state index in [0.29, 0.717) is 22.2 Å². The van der Waals surface area contributed by atoms with Crippen LogP contribution < -0.4 is 10.2 Å². The number of hydrogen-bond donors (Lipinski definition) is 0. The Hall–Kier alpha value is -0.0566. The van der Waals surface area contributed by atoms with Crippen LogP contribution >= 0.6 is 161 Å². The Morgan fingerprint density at radius 3 is 0.965 bits per heavy atom. The van der Waals surface area contributed by atoms with E-state index < -0.39 is 44.4 Å². The summed E-state index contributed by atoms with van der Waals surface area (Å²) in [5, 5.41) is 18.8. The second kappa shape index (κ2) is 26.4. The number of carbonyl (C=O) groups excluding carboxylic acids is 2. The van der Waals surface area contributed by atoms with Crippen LogP contribution in [0, 0.1) is 0 Å². The van der Waals surface area contributed by atoms with E-state index in [2.05, 4.69) is 9.97 Å². The quantitative estimate of drug-likeness (QED) is 0.0484. The van der Waals surface area contributed by atoms with Gasteiger partial charge >= 0.3 is 19.5 Å². The molecule has 0 radical (unpaired) electrons. The number of nitrogens with zero attached hydrogens (tertiary/aromatic N) is 4. The van der Waals surface area contributed by atoms with Gasteiger partial charge in [0.1, 0.15) is 0 Å². The van der Waals surface area contributed by atoms with Crippen LogP contribution in [0.2, 0.25) is 30.1 Å². The molecule has 2 aromatic heterocycles. The predicted octanol–water partition coefficient (Wildman–Crippen LogP) is 12.8. The van der Waals surface area contributed by atoms with Crippen LogP contribution in [-0.2, 0) is 19.5 Å². The zero-order valence-electron chi connectivity index (χ0n) is 29.4. The number of rotatable bonds is 0. The van der Waals surface area contributed by atoms with Crippen LogP contribution in [0.25, 0.3) is 22.2 Å². The Balaban J connectivity index is 0.000000355. The second-order valence-electron chi connectivity index (χ2n) is 10.9. The van der Waals surface area contributed by atoms with Crippen molar-refractivity contribution in [3.05, 3.63) is 78.7 Å². The molecule has 57 heavy (non-hydrogen) atoms. The SMILES string of the molecule is CN(C)C(=O)SSC(=O)N(C)C.ClC1C(Cl)C(Cl)C(Cl)C(Cl)C1Cl.Clc1c(Cl)c(Cl)c(Cl)c(Cl)c1Cl.[O-]c1nc2ccccc2o1.[O-]c1nc2ccccc2o1.[Zn+2]. The number of hydrogen-bond acceptors (Lipinski definition) is 10. The summed E-state index contributed by atoms with van der Waals surface area (Å²) in [5.74, 6) is 0. The summed E-state index contributed by atoms with van der Waals surface area (Å²) < 4.78 is 9.40. The largest absolute Gasteiger partial charge is 2.00 e. The normalized spacial score (nSPS) is 19.5. The Labute approximate surface area is 408 Å². The number of oxazole rings is 2. The van der Waals surface area contributed by atoms with Crippen LogP contribution in [0.4, 0.5) is 9.59 Å². The number of aromatic nitrogens is 2. The van der Waals surface area contributed by atoms with E-state index in [1.165, 1.54) is 9.80 Å². The first kappa shape index (κ1) is 55.0. The van der Waals surface area contributed by atoms with Crippen LogP contribution in [0.3, 0.4) is 0 Å². The van der Waals surface area contributed by atoms with Gasteiger partial charge in [-0.15, -0.1) is 69.6 Å². The minimum atomic E-state index is -0.527. The molecule has 0 atom stereocenters. The molecule has 0 saturated heterocycles. The molecule has 6 rings (SSSR count). The molecule has 0 spiro atoms. The van der Waals surface area contributed by atoms with E-state index >= 15 is 0 Å². The van der Waals surface area contributed by atoms with Crippen LogP contribution in [0.15, 0.2) is 57.4 Å². The van der Waals surface area contributed by atoms with Gasteiger partial charge in [-0.1, -0.05) is 93.9 Å². The molecule has 5 aromatic rings. The van der Waals surface area contributed by atoms with Gasteiger partial charge in [0.15, 0.2) is 12.2 Å². The van der Waals surface area contributed by atoms with Gasteiger partial charge in [-0.25, -0.2) is 9.97 Å². The maximum absolute atomic E-state index is 11.0. The average molecular weight is 1120 g/mol. The predicted molar refractivity (Wildman–Crippen MR) is 235 cm³/mol. The summed E-state index contributed by atoms with van der Waals surface area (Å²) in [4.78, 5) is 32.0. The van der Waals surface area contributed by atoms with Crippen molar-refractivity contribution in [3.8, 4) is 12.2 Å². The van der Waals surface area contributed by atoms with E-state index in [4.69, 9.17) is 148 Å². The Kier molecular flexibility index (Phi) is 25.5. The fourth-order valence-corrected chi connectivity index (χ4v) is 9.07. The van der Waals surface area contributed by atoms with E-state index in [-0.39, 0.29) is 60.1 Å². The van der Waals surface area contributed by atoms with E-state index in [9.17, 15) is 19.8 Å². The summed E-state index contributed by atoms with van der Waals surface area (Å²) >= 11 is 69.3. The second-order valence-corrected chi connectivity index (χ2v) is 18.3. The first-order valence-electron chi connectivity index (χ1n) is 14.9. The Bertz CT molecular complexity index is 1750. The zero-order chi connectivity index (χ0) is 42.6. The van der Waals surface area contributed by atoms with Crippen LogP contribution in [0.5, 0.6) is 12.2 Å². The first-order valence-corrected chi connectivity index (χ1v) is 22.0. The van der Waals surface area contributed by atoms with Crippen molar-refractivity contribution in [3.63, 3.8) is 0 Å². The molecule has 1 saturated carbocycles. The van der Waals surface area contributed by atoms with Crippen molar-refractivity contribution in [2.24, 2.45) is 0 Å². The standard InChI is InChI=1S/2C7H5NO2.C6H6Cl6.C6Cl6.C6H12N2O2S2.Zn/c2*9-7-8-5-3-1-2-4-6(5)10-7;2*7-1-2(8)4(10)6(12)5(11)3(1)9;1-7(2)5(9)11-12-6(10)8(3)4;/h2*1-4H,(H,8,9);1-6H;;1-4H3;/q;;;;;+2/p-2. The molecule has 3 aromatic carbocycles. The van der Waals surface area contributed by atoms with Crippen molar-refractivity contribution < 1.29 is 48.1 Å². The Morgan fingerprint density at radius 2 is 0.754 bits per heavy atom. The summed E-state index contributed by atoms with van der Waals surface area (Å²) in [6, 6.07) is 14.1. The van der Waals surface area contributed by atoms with Gasteiger partial charge in [0, 0.05) is 60.9 Å². The molecule has 2 heterocycles. The van der Waals surface area contributed by atoms with E-state index in [0.717, 1.165) is 21.6 Å². The molecule has 1 aliphatic rings. The molecular weight excluding hydrogens is 1090 g/mol. The van der Waals surface area contributed by atoms with Gasteiger partial charge in [-0.3, -0.25) is 9.59 Å². The van der Waals surface area contributed by atoms with Crippen LogP contribution in [-0.4, -0.2) is 90.7 Å². The number of fused-ring (bicyclic) bond motifs is 2. The van der Waals surface area contributed by atoms with Gasteiger partial charge < -0.3 is 28.8 Å². The Morgan fingerprint density at radius 1 is 0.526 bits per heavy atom. The number of carbonyl (C=O) groups is 2. The summed E-state index contributed by atoms with van der Waals surface area (Å²) in [6.45, 7) is 0. The molecule has 0 bridgehead atoms. The van der Waals surface area contributed by atoms with Crippen molar-refractivity contribution in [1.82, 2.24) is 19.8 Å². The molecule has 308 valence electrons. The monoisotopic (exact) mass is 1110 g/mol. The van der Waals surface area contributed by atoms with Gasteiger partial charge in [-0.05, 0) is 24.3 Å². The summed E-state index contributed by atoms with van der Waals surface area (Å²) in [7, 11) is 8.46. The maximum atomic E-state index is 11.0. The fourth-order valence-electron chi connectivity index (χ4n) is 3.55. The molecule has 0 aliphatic heterocycles. The average Bonchev–Trinajstić information content (AvgIpc) is 3.76.